The lowest BCUT2D eigenvalue weighted by Crippen LogP contribution is -2.57. The zero-order valence-electron chi connectivity index (χ0n) is 15.5. The zero-order valence-corrected chi connectivity index (χ0v) is 15.5. The summed E-state index contributed by atoms with van der Waals surface area (Å²) in [5, 5.41) is 8.24. The summed E-state index contributed by atoms with van der Waals surface area (Å²) >= 11 is 0. The number of rotatable bonds is 6. The number of hydrogen-bond acceptors (Lipinski definition) is 4. The number of alkyl halides is 3. The van der Waals surface area contributed by atoms with E-state index in [-0.39, 0.29) is 18.2 Å². The van der Waals surface area contributed by atoms with Crippen molar-refractivity contribution in [1.29, 1.82) is 0 Å². The number of nitrogens with zero attached hydrogens (tertiary/aromatic N) is 1. The van der Waals surface area contributed by atoms with Gasteiger partial charge < -0.3 is 16.0 Å². The summed E-state index contributed by atoms with van der Waals surface area (Å²) in [4.78, 5) is 25.6. The quantitative estimate of drug-likeness (QED) is 0.680. The number of hydrogen-bond donors (Lipinski definition) is 3. The number of amides is 2. The summed E-state index contributed by atoms with van der Waals surface area (Å²) in [6.07, 6.45) is -3.55. The van der Waals surface area contributed by atoms with Gasteiger partial charge in [-0.1, -0.05) is 18.2 Å². The molecule has 28 heavy (non-hydrogen) atoms. The van der Waals surface area contributed by atoms with Gasteiger partial charge in [-0.3, -0.25) is 14.5 Å². The largest absolute Gasteiger partial charge is 0.405 e. The third-order valence-corrected chi connectivity index (χ3v) is 5.29. The standard InChI is InChI=1S/C19H25F3N4O2/c20-19(21,22)16(26-9-7-23-8-10-26)12-24-17(27)6-5-14-11-13-3-1-2-4-15(13)25-18(14)28/h1-4,14,16,23H,5-12H2,(H,24,27)(H,25,28). The number of anilines is 1. The lowest BCUT2D eigenvalue weighted by atomic mass is 9.89. The van der Waals surface area contributed by atoms with Crippen molar-refractivity contribution in [2.45, 2.75) is 31.5 Å². The molecule has 1 aromatic carbocycles. The molecule has 2 heterocycles. The van der Waals surface area contributed by atoms with E-state index in [0.717, 1.165) is 11.3 Å². The second-order valence-electron chi connectivity index (χ2n) is 7.23. The molecule has 0 aromatic heterocycles. The maximum Gasteiger partial charge on any atom is 0.405 e. The molecule has 0 saturated carbocycles. The number of piperazine rings is 1. The van der Waals surface area contributed by atoms with Crippen LogP contribution in [-0.4, -0.2) is 61.7 Å². The van der Waals surface area contributed by atoms with Crippen LogP contribution in [0.2, 0.25) is 0 Å². The topological polar surface area (TPSA) is 73.5 Å². The molecule has 0 spiro atoms. The maximum absolute atomic E-state index is 13.4. The van der Waals surface area contributed by atoms with Gasteiger partial charge in [0.25, 0.3) is 0 Å². The van der Waals surface area contributed by atoms with Crippen molar-refractivity contribution in [3.63, 3.8) is 0 Å². The minimum absolute atomic E-state index is 0.0202. The highest BCUT2D eigenvalue weighted by molar-refractivity contribution is 5.96. The Bertz CT molecular complexity index is 705. The van der Waals surface area contributed by atoms with Crippen molar-refractivity contribution in [2.75, 3.05) is 38.0 Å². The lowest BCUT2D eigenvalue weighted by molar-refractivity contribution is -0.184. The van der Waals surface area contributed by atoms with Gasteiger partial charge in [-0.25, -0.2) is 0 Å². The molecule has 0 bridgehead atoms. The average Bonchev–Trinajstić information content (AvgIpc) is 2.66. The SMILES string of the molecule is O=C(CCC1Cc2ccccc2NC1=O)NCC(N1CCNCC1)C(F)(F)F. The monoisotopic (exact) mass is 398 g/mol. The summed E-state index contributed by atoms with van der Waals surface area (Å²) in [7, 11) is 0. The van der Waals surface area contributed by atoms with Crippen molar-refractivity contribution in [3.05, 3.63) is 29.8 Å². The van der Waals surface area contributed by atoms with Crippen LogP contribution in [0.5, 0.6) is 0 Å². The smallest absolute Gasteiger partial charge is 0.354 e. The van der Waals surface area contributed by atoms with Crippen LogP contribution < -0.4 is 16.0 Å². The van der Waals surface area contributed by atoms with E-state index < -0.39 is 24.7 Å². The Hall–Kier alpha value is -2.13. The first kappa shape index (κ1) is 20.6. The number of carbonyl (C=O) groups is 2. The van der Waals surface area contributed by atoms with E-state index >= 15 is 0 Å². The molecule has 2 atom stereocenters. The van der Waals surface area contributed by atoms with Crippen molar-refractivity contribution < 1.29 is 22.8 Å². The van der Waals surface area contributed by atoms with Crippen LogP contribution in [0, 0.1) is 5.92 Å². The molecule has 6 nitrogen and oxygen atoms in total. The van der Waals surface area contributed by atoms with E-state index in [2.05, 4.69) is 16.0 Å². The molecule has 2 unspecified atom stereocenters. The third kappa shape index (κ3) is 5.23. The number of carbonyl (C=O) groups excluding carboxylic acids is 2. The summed E-state index contributed by atoms with van der Waals surface area (Å²) in [5.74, 6) is -0.969. The Kier molecular flexibility index (Phi) is 6.56. The van der Waals surface area contributed by atoms with Crippen LogP contribution in [-0.2, 0) is 16.0 Å². The van der Waals surface area contributed by atoms with Crippen molar-refractivity contribution in [3.8, 4) is 0 Å². The molecule has 9 heteroatoms. The molecule has 2 aliphatic rings. The normalized spacial score (nSPS) is 21.5. The third-order valence-electron chi connectivity index (χ3n) is 5.29. The predicted octanol–water partition coefficient (Wildman–Crippen LogP) is 1.53. The van der Waals surface area contributed by atoms with Gasteiger partial charge in [0.1, 0.15) is 6.04 Å². The fourth-order valence-electron chi connectivity index (χ4n) is 3.70. The lowest BCUT2D eigenvalue weighted by Gasteiger charge is -2.36. The summed E-state index contributed by atoms with van der Waals surface area (Å²) < 4.78 is 40.1. The highest BCUT2D eigenvalue weighted by atomic mass is 19.4. The fraction of sp³-hybridized carbons (Fsp3) is 0.579. The van der Waals surface area contributed by atoms with Gasteiger partial charge in [0.15, 0.2) is 0 Å². The van der Waals surface area contributed by atoms with Gasteiger partial charge in [-0.15, -0.1) is 0 Å². The van der Waals surface area contributed by atoms with Gasteiger partial charge >= 0.3 is 6.18 Å². The van der Waals surface area contributed by atoms with E-state index in [4.69, 9.17) is 0 Å². The van der Waals surface area contributed by atoms with Gasteiger partial charge in [0.05, 0.1) is 0 Å². The Balaban J connectivity index is 1.49. The van der Waals surface area contributed by atoms with Crippen LogP contribution >= 0.6 is 0 Å². The number of para-hydroxylation sites is 1. The zero-order chi connectivity index (χ0) is 20.1. The van der Waals surface area contributed by atoms with E-state index in [1.54, 1.807) is 0 Å². The maximum atomic E-state index is 13.4. The Morgan fingerprint density at radius 2 is 1.96 bits per heavy atom. The second-order valence-corrected chi connectivity index (χ2v) is 7.23. The Morgan fingerprint density at radius 1 is 1.25 bits per heavy atom. The highest BCUT2D eigenvalue weighted by Gasteiger charge is 2.43. The first-order chi connectivity index (χ1) is 13.3. The van der Waals surface area contributed by atoms with E-state index in [1.165, 1.54) is 4.90 Å². The summed E-state index contributed by atoms with van der Waals surface area (Å²) in [6.45, 7) is 1.11. The van der Waals surface area contributed by atoms with Gasteiger partial charge in [0, 0.05) is 50.7 Å². The van der Waals surface area contributed by atoms with Crippen LogP contribution in [0.25, 0.3) is 0 Å². The van der Waals surface area contributed by atoms with Crippen LogP contribution in [0.15, 0.2) is 24.3 Å². The second kappa shape index (κ2) is 8.91. The molecule has 0 aliphatic carbocycles. The molecule has 0 radical (unpaired) electrons. The Labute approximate surface area is 161 Å². The minimum atomic E-state index is -4.41. The van der Waals surface area contributed by atoms with E-state index in [1.807, 2.05) is 24.3 Å². The van der Waals surface area contributed by atoms with Gasteiger partial charge in [-0.05, 0) is 24.5 Å². The van der Waals surface area contributed by atoms with Crippen molar-refractivity contribution in [1.82, 2.24) is 15.5 Å². The van der Waals surface area contributed by atoms with Crippen LogP contribution in [0.3, 0.4) is 0 Å². The molecule has 1 aromatic rings. The van der Waals surface area contributed by atoms with Gasteiger partial charge in [0.2, 0.25) is 11.8 Å². The molecule has 3 rings (SSSR count). The molecule has 3 N–H and O–H groups in total. The van der Waals surface area contributed by atoms with Crippen LogP contribution in [0.4, 0.5) is 18.9 Å². The first-order valence-corrected chi connectivity index (χ1v) is 9.51. The molecular weight excluding hydrogens is 373 g/mol. The molecule has 2 amide bonds. The van der Waals surface area contributed by atoms with Crippen molar-refractivity contribution >= 4 is 17.5 Å². The molecule has 1 fully saturated rings. The van der Waals surface area contributed by atoms with Crippen LogP contribution in [0.1, 0.15) is 18.4 Å². The highest BCUT2D eigenvalue weighted by Crippen LogP contribution is 2.28. The first-order valence-electron chi connectivity index (χ1n) is 9.51. The number of nitrogens with one attached hydrogen (secondary N) is 3. The van der Waals surface area contributed by atoms with Gasteiger partial charge in [-0.2, -0.15) is 13.2 Å². The molecule has 154 valence electrons. The number of benzene rings is 1. The summed E-state index contributed by atoms with van der Waals surface area (Å²) in [5.41, 5.74) is 1.78. The minimum Gasteiger partial charge on any atom is -0.354 e. The predicted molar refractivity (Wildman–Crippen MR) is 98.8 cm³/mol. The molecular formula is C19H25F3N4O2. The fourth-order valence-corrected chi connectivity index (χ4v) is 3.70. The Morgan fingerprint density at radius 3 is 2.68 bits per heavy atom. The summed E-state index contributed by atoms with van der Waals surface area (Å²) in [6, 6.07) is 5.77. The number of fused-ring (bicyclic) bond motifs is 1. The number of halogens is 3. The van der Waals surface area contributed by atoms with Crippen molar-refractivity contribution in [2.24, 2.45) is 5.92 Å². The molecule has 1 saturated heterocycles. The van der Waals surface area contributed by atoms with E-state index in [0.29, 0.717) is 39.0 Å². The van der Waals surface area contributed by atoms with E-state index in [9.17, 15) is 22.8 Å². The molecule has 2 aliphatic heterocycles. The average molecular weight is 398 g/mol.